The van der Waals surface area contributed by atoms with Gasteiger partial charge in [-0.3, -0.25) is 0 Å². The van der Waals surface area contributed by atoms with E-state index < -0.39 is 32.5 Å². The number of sulfone groups is 1. The first kappa shape index (κ1) is 9.08. The third-order valence-electron chi connectivity index (χ3n) is 3.41. The van der Waals surface area contributed by atoms with Gasteiger partial charge in [0, 0.05) is 0 Å². The van der Waals surface area contributed by atoms with Crippen LogP contribution in [0.1, 0.15) is 13.3 Å². The van der Waals surface area contributed by atoms with Crippen LogP contribution in [0.3, 0.4) is 0 Å². The molecule has 0 amide bonds. The minimum absolute atomic E-state index is 0.123. The summed E-state index contributed by atoms with van der Waals surface area (Å²) in [5.41, 5.74) is 0. The van der Waals surface area contributed by atoms with Gasteiger partial charge < -0.3 is 14.6 Å². The second-order valence-electron chi connectivity index (χ2n) is 4.20. The Morgan fingerprint density at radius 2 is 2.07 bits per heavy atom. The van der Waals surface area contributed by atoms with Crippen molar-refractivity contribution in [3.05, 3.63) is 0 Å². The lowest BCUT2D eigenvalue weighted by Crippen LogP contribution is -2.33. The van der Waals surface area contributed by atoms with Crippen LogP contribution in [0.15, 0.2) is 0 Å². The number of epoxide rings is 1. The number of aliphatic hydroxyl groups is 1. The molecule has 14 heavy (non-hydrogen) atoms. The van der Waals surface area contributed by atoms with Crippen LogP contribution >= 0.6 is 0 Å². The lowest BCUT2D eigenvalue weighted by molar-refractivity contribution is -0.0646. The first-order valence-electron chi connectivity index (χ1n) is 4.73. The van der Waals surface area contributed by atoms with Crippen molar-refractivity contribution < 1.29 is 23.0 Å². The average molecular weight is 220 g/mol. The van der Waals surface area contributed by atoms with Gasteiger partial charge in [-0.1, -0.05) is 0 Å². The Hall–Kier alpha value is -0.170. The molecule has 2 bridgehead atoms. The second-order valence-corrected chi connectivity index (χ2v) is 6.73. The SMILES string of the molecule is CC1C2OC3OC3CC(C2O)S1(=O)=O. The number of aliphatic hydroxyl groups excluding tert-OH is 1. The highest BCUT2D eigenvalue weighted by atomic mass is 32.2. The van der Waals surface area contributed by atoms with E-state index in [2.05, 4.69) is 0 Å². The van der Waals surface area contributed by atoms with Gasteiger partial charge in [-0.05, 0) is 13.3 Å². The van der Waals surface area contributed by atoms with Gasteiger partial charge in [0.05, 0.1) is 16.6 Å². The Labute approximate surface area is 81.9 Å². The third-order valence-corrected chi connectivity index (χ3v) is 6.03. The molecule has 3 saturated heterocycles. The summed E-state index contributed by atoms with van der Waals surface area (Å²) in [4.78, 5) is 0. The van der Waals surface area contributed by atoms with Gasteiger partial charge in [0.25, 0.3) is 0 Å². The monoisotopic (exact) mass is 220 g/mol. The molecule has 3 aliphatic rings. The molecule has 3 aliphatic heterocycles. The maximum atomic E-state index is 11.8. The van der Waals surface area contributed by atoms with E-state index in [1.807, 2.05) is 0 Å². The maximum Gasteiger partial charge on any atom is 0.184 e. The topological polar surface area (TPSA) is 76.1 Å². The van der Waals surface area contributed by atoms with Crippen LogP contribution in [0.5, 0.6) is 0 Å². The Bertz CT molecular complexity index is 364. The van der Waals surface area contributed by atoms with Crippen LogP contribution in [0, 0.1) is 0 Å². The normalized spacial score (nSPS) is 59.0. The quantitative estimate of drug-likeness (QED) is 0.532. The summed E-state index contributed by atoms with van der Waals surface area (Å²) in [5, 5.41) is 8.46. The zero-order valence-corrected chi connectivity index (χ0v) is 8.48. The fourth-order valence-electron chi connectivity index (χ4n) is 2.41. The van der Waals surface area contributed by atoms with Crippen LogP contribution in [-0.2, 0) is 19.3 Å². The minimum atomic E-state index is -3.24. The number of ether oxygens (including phenoxy) is 2. The van der Waals surface area contributed by atoms with Gasteiger partial charge >= 0.3 is 0 Å². The van der Waals surface area contributed by atoms with Crippen molar-refractivity contribution in [2.45, 2.75) is 48.4 Å². The molecule has 5 nitrogen and oxygen atoms in total. The molecule has 1 N–H and O–H groups in total. The van der Waals surface area contributed by atoms with Crippen molar-refractivity contribution in [2.24, 2.45) is 0 Å². The van der Waals surface area contributed by atoms with E-state index in [0.717, 1.165) is 0 Å². The molecule has 0 aromatic carbocycles. The van der Waals surface area contributed by atoms with E-state index in [9.17, 15) is 13.5 Å². The van der Waals surface area contributed by atoms with Crippen molar-refractivity contribution in [3.8, 4) is 0 Å². The molecule has 6 heteroatoms. The van der Waals surface area contributed by atoms with E-state index >= 15 is 0 Å². The van der Waals surface area contributed by atoms with Gasteiger partial charge in [0.15, 0.2) is 16.1 Å². The fraction of sp³-hybridized carbons (Fsp3) is 1.00. The zero-order valence-electron chi connectivity index (χ0n) is 7.66. The largest absolute Gasteiger partial charge is 0.389 e. The molecule has 3 rings (SSSR count). The number of hydrogen-bond donors (Lipinski definition) is 1. The zero-order chi connectivity index (χ0) is 10.1. The van der Waals surface area contributed by atoms with Crippen LogP contribution < -0.4 is 0 Å². The summed E-state index contributed by atoms with van der Waals surface area (Å²) in [6.07, 6.45) is -1.52. The molecular formula is C8H12O5S. The molecule has 6 atom stereocenters. The predicted octanol–water partition coefficient (Wildman–Crippen LogP) is -0.953. The summed E-state index contributed by atoms with van der Waals surface area (Å²) >= 11 is 0. The van der Waals surface area contributed by atoms with Crippen molar-refractivity contribution in [1.82, 2.24) is 0 Å². The van der Waals surface area contributed by atoms with Crippen LogP contribution in [0.4, 0.5) is 0 Å². The summed E-state index contributed by atoms with van der Waals surface area (Å²) in [5.74, 6) is 0. The Balaban J connectivity index is 2.04. The lowest BCUT2D eigenvalue weighted by atomic mass is 10.1. The first-order chi connectivity index (χ1) is 6.51. The van der Waals surface area contributed by atoms with Gasteiger partial charge in [-0.15, -0.1) is 0 Å². The summed E-state index contributed by atoms with van der Waals surface area (Å²) in [7, 11) is -3.24. The molecule has 6 unspecified atom stereocenters. The van der Waals surface area contributed by atoms with E-state index in [1.54, 1.807) is 6.92 Å². The molecular weight excluding hydrogens is 208 g/mol. The van der Waals surface area contributed by atoms with E-state index in [4.69, 9.17) is 9.47 Å². The summed E-state index contributed by atoms with van der Waals surface area (Å²) < 4.78 is 34.1. The molecule has 0 radical (unpaired) electrons. The summed E-state index contributed by atoms with van der Waals surface area (Å²) in [6.45, 7) is 1.59. The fourth-order valence-corrected chi connectivity index (χ4v) is 4.56. The van der Waals surface area contributed by atoms with Crippen molar-refractivity contribution >= 4 is 9.84 Å². The molecule has 0 saturated carbocycles. The van der Waals surface area contributed by atoms with E-state index in [0.29, 0.717) is 6.42 Å². The van der Waals surface area contributed by atoms with Crippen molar-refractivity contribution in [2.75, 3.05) is 0 Å². The third kappa shape index (κ3) is 0.970. The molecule has 0 aromatic rings. The molecule has 3 fully saturated rings. The van der Waals surface area contributed by atoms with Gasteiger partial charge in [-0.25, -0.2) is 8.42 Å². The molecule has 3 heterocycles. The number of hydrogen-bond acceptors (Lipinski definition) is 5. The predicted molar refractivity (Wildman–Crippen MR) is 46.3 cm³/mol. The van der Waals surface area contributed by atoms with Gasteiger partial charge in [-0.2, -0.15) is 0 Å². The highest BCUT2D eigenvalue weighted by molar-refractivity contribution is 7.93. The van der Waals surface area contributed by atoms with Crippen LogP contribution in [0.2, 0.25) is 0 Å². The standard InChI is InChI=1S/C8H12O5S/c1-3-7-6(9)5(14(3,10)11)2-4-8(12-4)13-7/h3-9H,2H2,1H3. The van der Waals surface area contributed by atoms with Gasteiger partial charge in [0.2, 0.25) is 0 Å². The number of fused-ring (bicyclic) bond motifs is 3. The lowest BCUT2D eigenvalue weighted by Gasteiger charge is -2.16. The van der Waals surface area contributed by atoms with Crippen LogP contribution in [0.25, 0.3) is 0 Å². The van der Waals surface area contributed by atoms with Crippen LogP contribution in [-0.4, -0.2) is 48.6 Å². The second kappa shape index (κ2) is 2.49. The smallest absolute Gasteiger partial charge is 0.184 e. The highest BCUT2D eigenvalue weighted by Gasteiger charge is 2.61. The average Bonchev–Trinajstić information content (AvgIpc) is 2.81. The minimum Gasteiger partial charge on any atom is -0.389 e. The molecule has 0 aliphatic carbocycles. The molecule has 0 aromatic heterocycles. The van der Waals surface area contributed by atoms with E-state index in [1.165, 1.54) is 0 Å². The molecule has 0 spiro atoms. The highest BCUT2D eigenvalue weighted by Crippen LogP contribution is 2.43. The summed E-state index contributed by atoms with van der Waals surface area (Å²) in [6, 6.07) is 0. The van der Waals surface area contributed by atoms with Crippen molar-refractivity contribution in [3.63, 3.8) is 0 Å². The molecule has 80 valence electrons. The Kier molecular flexibility index (Phi) is 1.62. The Morgan fingerprint density at radius 3 is 2.79 bits per heavy atom. The van der Waals surface area contributed by atoms with E-state index in [-0.39, 0.29) is 12.4 Å². The Morgan fingerprint density at radius 1 is 1.36 bits per heavy atom. The maximum absolute atomic E-state index is 11.8. The number of rotatable bonds is 0. The van der Waals surface area contributed by atoms with Gasteiger partial charge in [0.1, 0.15) is 12.2 Å². The van der Waals surface area contributed by atoms with Crippen molar-refractivity contribution in [1.29, 1.82) is 0 Å². The first-order valence-corrected chi connectivity index (χ1v) is 6.34.